The molecule has 4 aromatic carbocycles. The first-order valence-electron chi connectivity index (χ1n) is 18.4. The molecule has 3 atom stereocenters. The first kappa shape index (κ1) is 36.6. The first-order chi connectivity index (χ1) is 25.9. The van der Waals surface area contributed by atoms with Crippen molar-refractivity contribution in [2.45, 2.75) is 51.2 Å². The van der Waals surface area contributed by atoms with Crippen LogP contribution in [-0.4, -0.2) is 90.9 Å². The van der Waals surface area contributed by atoms with E-state index in [0.29, 0.717) is 44.2 Å². The fraction of sp³-hybridized carbons (Fsp3) is 0.372. The molecule has 0 saturated carbocycles. The van der Waals surface area contributed by atoms with E-state index in [2.05, 4.69) is 58.3 Å². The summed E-state index contributed by atoms with van der Waals surface area (Å²) in [5, 5.41) is 21.6. The predicted octanol–water partition coefficient (Wildman–Crippen LogP) is 5.16. The molecular formula is C43H48N2O8. The fourth-order valence-electron chi connectivity index (χ4n) is 7.19. The SMILES string of the molecule is Cc1cc(=O)oc2cc(OCC(O)CN3CCc4ccccc4C3)ccc12.OC(COCC1COc2ccccc2O1)CN1CCc2ccccc2C1. The number of aliphatic hydroxyl groups excluding tert-OH is 2. The second-order valence-electron chi connectivity index (χ2n) is 14.1. The molecule has 3 aliphatic heterocycles. The standard InChI is InChI=1S/C22H23NO4.C21H25NO4/c1-15-10-22(25)27-21-11-19(6-7-20(15)21)26-14-18(24)13-23-9-8-16-4-2-3-5-17(16)12-23;23-18(12-22-10-9-16-5-1-2-6-17(16)11-22)13-24-14-19-15-25-20-7-3-4-8-21(20)26-19/h2-7,10-11,18,24H,8-9,12-14H2,1H3;1-8,18-19,23H,9-15H2. The molecule has 8 rings (SSSR count). The lowest BCUT2D eigenvalue weighted by Crippen LogP contribution is -2.39. The van der Waals surface area contributed by atoms with Crippen molar-refractivity contribution in [3.63, 3.8) is 0 Å². The van der Waals surface area contributed by atoms with E-state index in [9.17, 15) is 15.0 Å². The molecule has 0 fully saturated rings. The van der Waals surface area contributed by atoms with Gasteiger partial charge in [-0.25, -0.2) is 4.79 Å². The minimum atomic E-state index is -0.588. The van der Waals surface area contributed by atoms with Crippen LogP contribution in [0.4, 0.5) is 0 Å². The Kier molecular flexibility index (Phi) is 12.0. The molecule has 3 unspecified atom stereocenters. The molecule has 0 radical (unpaired) electrons. The molecule has 5 aromatic rings. The van der Waals surface area contributed by atoms with Gasteiger partial charge in [-0.15, -0.1) is 0 Å². The summed E-state index contributed by atoms with van der Waals surface area (Å²) in [7, 11) is 0. The van der Waals surface area contributed by atoms with Crippen molar-refractivity contribution in [3.8, 4) is 17.2 Å². The largest absolute Gasteiger partial charge is 0.491 e. The van der Waals surface area contributed by atoms with E-state index in [1.807, 2.05) is 43.3 Å². The van der Waals surface area contributed by atoms with Crippen LogP contribution in [-0.2, 0) is 30.7 Å². The molecule has 0 amide bonds. The van der Waals surface area contributed by atoms with Gasteiger partial charge in [-0.05, 0) is 71.8 Å². The normalized spacial score (nSPS) is 17.9. The maximum absolute atomic E-state index is 11.5. The summed E-state index contributed by atoms with van der Waals surface area (Å²) in [5.74, 6) is 2.10. The molecule has 10 nitrogen and oxygen atoms in total. The lowest BCUT2D eigenvalue weighted by atomic mass is 10.00. The number of aliphatic hydroxyl groups is 2. The Balaban J connectivity index is 0.000000164. The molecule has 10 heteroatoms. The zero-order valence-corrected chi connectivity index (χ0v) is 30.2. The Morgan fingerprint density at radius 2 is 1.36 bits per heavy atom. The van der Waals surface area contributed by atoms with Crippen LogP contribution >= 0.6 is 0 Å². The van der Waals surface area contributed by atoms with Gasteiger partial charge >= 0.3 is 5.63 Å². The van der Waals surface area contributed by atoms with Gasteiger partial charge in [-0.2, -0.15) is 0 Å². The molecule has 2 N–H and O–H groups in total. The highest BCUT2D eigenvalue weighted by molar-refractivity contribution is 5.81. The zero-order chi connectivity index (χ0) is 36.6. The minimum Gasteiger partial charge on any atom is -0.491 e. The van der Waals surface area contributed by atoms with E-state index in [-0.39, 0.29) is 18.3 Å². The van der Waals surface area contributed by atoms with E-state index >= 15 is 0 Å². The first-order valence-corrected chi connectivity index (χ1v) is 18.4. The van der Waals surface area contributed by atoms with Gasteiger partial charge in [-0.3, -0.25) is 9.80 Å². The van der Waals surface area contributed by atoms with E-state index in [1.165, 1.54) is 28.3 Å². The second kappa shape index (κ2) is 17.4. The van der Waals surface area contributed by atoms with Crippen LogP contribution < -0.4 is 19.8 Å². The van der Waals surface area contributed by atoms with E-state index in [0.717, 1.165) is 61.5 Å². The lowest BCUT2D eigenvalue weighted by Gasteiger charge is -2.30. The summed E-state index contributed by atoms with van der Waals surface area (Å²) in [4.78, 5) is 16.1. The molecule has 278 valence electrons. The number of rotatable bonds is 11. The van der Waals surface area contributed by atoms with Crippen LogP contribution in [0, 0.1) is 6.92 Å². The Morgan fingerprint density at radius 1 is 0.755 bits per heavy atom. The highest BCUT2D eigenvalue weighted by Crippen LogP contribution is 2.31. The van der Waals surface area contributed by atoms with Crippen molar-refractivity contribution < 1.29 is 33.6 Å². The third kappa shape index (κ3) is 9.84. The van der Waals surface area contributed by atoms with Crippen LogP contribution in [0.5, 0.6) is 17.2 Å². The zero-order valence-electron chi connectivity index (χ0n) is 30.2. The summed E-state index contributed by atoms with van der Waals surface area (Å²) < 4.78 is 28.2. The van der Waals surface area contributed by atoms with Gasteiger partial charge < -0.3 is 33.6 Å². The Bertz CT molecular complexity index is 2030. The van der Waals surface area contributed by atoms with Gasteiger partial charge in [-0.1, -0.05) is 60.7 Å². The van der Waals surface area contributed by atoms with Gasteiger partial charge in [0.1, 0.15) is 30.7 Å². The molecular weight excluding hydrogens is 672 g/mol. The summed E-state index contributed by atoms with van der Waals surface area (Å²) in [5.41, 5.74) is 6.51. The van der Waals surface area contributed by atoms with Gasteiger partial charge in [0.2, 0.25) is 0 Å². The van der Waals surface area contributed by atoms with Gasteiger partial charge in [0, 0.05) is 56.8 Å². The highest BCUT2D eigenvalue weighted by atomic mass is 16.6. The number of hydrogen-bond acceptors (Lipinski definition) is 10. The third-order valence-corrected chi connectivity index (χ3v) is 9.90. The van der Waals surface area contributed by atoms with Gasteiger partial charge in [0.25, 0.3) is 0 Å². The van der Waals surface area contributed by atoms with Crippen LogP contribution in [0.2, 0.25) is 0 Å². The number of fused-ring (bicyclic) bond motifs is 4. The fourth-order valence-corrected chi connectivity index (χ4v) is 7.19. The molecule has 0 spiro atoms. The topological polar surface area (TPSA) is 114 Å². The Morgan fingerprint density at radius 3 is 2.04 bits per heavy atom. The summed E-state index contributed by atoms with van der Waals surface area (Å²) in [6, 6.07) is 31.5. The number of ether oxygens (including phenoxy) is 4. The van der Waals surface area contributed by atoms with Crippen molar-refractivity contribution >= 4 is 11.0 Å². The lowest BCUT2D eigenvalue weighted by molar-refractivity contribution is -0.0298. The molecule has 1 aromatic heterocycles. The summed E-state index contributed by atoms with van der Waals surface area (Å²) in [6.45, 7) is 8.11. The molecule has 0 saturated heterocycles. The average Bonchev–Trinajstić information content (AvgIpc) is 3.17. The van der Waals surface area contributed by atoms with Crippen molar-refractivity contribution in [3.05, 3.63) is 135 Å². The molecule has 0 aliphatic carbocycles. The van der Waals surface area contributed by atoms with Crippen molar-refractivity contribution in [1.82, 2.24) is 9.80 Å². The third-order valence-electron chi connectivity index (χ3n) is 9.90. The number of nitrogens with zero attached hydrogens (tertiary/aromatic N) is 2. The highest BCUT2D eigenvalue weighted by Gasteiger charge is 2.23. The number of hydrogen-bond donors (Lipinski definition) is 2. The van der Waals surface area contributed by atoms with Gasteiger partial charge in [0.15, 0.2) is 17.6 Å². The molecule has 0 bridgehead atoms. The second-order valence-corrected chi connectivity index (χ2v) is 14.1. The average molecular weight is 721 g/mol. The van der Waals surface area contributed by atoms with E-state index in [1.54, 1.807) is 6.07 Å². The predicted molar refractivity (Wildman–Crippen MR) is 203 cm³/mol. The van der Waals surface area contributed by atoms with Crippen LogP contribution in [0.3, 0.4) is 0 Å². The van der Waals surface area contributed by atoms with Crippen LogP contribution in [0.15, 0.2) is 106 Å². The summed E-state index contributed by atoms with van der Waals surface area (Å²) >= 11 is 0. The monoisotopic (exact) mass is 720 g/mol. The molecule has 3 aliphatic rings. The molecule has 53 heavy (non-hydrogen) atoms. The number of para-hydroxylation sites is 2. The quantitative estimate of drug-likeness (QED) is 0.178. The van der Waals surface area contributed by atoms with Crippen LogP contribution in [0.25, 0.3) is 11.0 Å². The number of benzene rings is 4. The number of aryl methyl sites for hydroxylation is 1. The Labute approximate surface area is 310 Å². The van der Waals surface area contributed by atoms with Crippen molar-refractivity contribution in [2.75, 3.05) is 52.6 Å². The van der Waals surface area contributed by atoms with Crippen molar-refractivity contribution in [2.24, 2.45) is 0 Å². The Hall–Kier alpha value is -4.71. The molecule has 4 heterocycles. The van der Waals surface area contributed by atoms with Crippen LogP contribution in [0.1, 0.15) is 27.8 Å². The van der Waals surface area contributed by atoms with Gasteiger partial charge in [0.05, 0.1) is 19.3 Å². The van der Waals surface area contributed by atoms with E-state index < -0.39 is 12.2 Å². The van der Waals surface area contributed by atoms with E-state index in [4.69, 9.17) is 23.4 Å². The maximum Gasteiger partial charge on any atom is 0.336 e. The smallest absolute Gasteiger partial charge is 0.336 e. The van der Waals surface area contributed by atoms with Crippen molar-refractivity contribution in [1.29, 1.82) is 0 Å². The number of β-amino-alcohol motifs (C(OH)–C–C–N with tert-alkyl or cyclic N) is 2. The summed E-state index contributed by atoms with van der Waals surface area (Å²) in [6.07, 6.45) is 0.815. The minimum absolute atomic E-state index is 0.140. The maximum atomic E-state index is 11.5.